The Morgan fingerprint density at radius 2 is 1.95 bits per heavy atom. The van der Waals surface area contributed by atoms with Crippen LogP contribution in [0.15, 0.2) is 51.8 Å². The zero-order valence-corrected chi connectivity index (χ0v) is 13.6. The summed E-state index contributed by atoms with van der Waals surface area (Å²) in [6.45, 7) is 0.563. The van der Waals surface area contributed by atoms with E-state index in [0.29, 0.717) is 11.0 Å². The molecule has 0 saturated carbocycles. The van der Waals surface area contributed by atoms with Gasteiger partial charge in [-0.2, -0.15) is 0 Å². The molecule has 2 rings (SSSR count). The first-order valence-electron chi connectivity index (χ1n) is 6.14. The van der Waals surface area contributed by atoms with E-state index < -0.39 is 15.8 Å². The summed E-state index contributed by atoms with van der Waals surface area (Å²) in [6.07, 6.45) is 0. The Morgan fingerprint density at radius 3 is 2.67 bits per heavy atom. The van der Waals surface area contributed by atoms with Crippen molar-refractivity contribution in [1.82, 2.24) is 5.32 Å². The van der Waals surface area contributed by atoms with E-state index in [4.69, 9.17) is 0 Å². The highest BCUT2D eigenvalue weighted by Gasteiger charge is 2.16. The fraction of sp³-hybridized carbons (Fsp3) is 0.143. The van der Waals surface area contributed by atoms with E-state index in [9.17, 15) is 12.8 Å². The first-order valence-corrected chi connectivity index (χ1v) is 8.41. The van der Waals surface area contributed by atoms with Crippen LogP contribution in [0.5, 0.6) is 0 Å². The first kappa shape index (κ1) is 15.9. The number of benzene rings is 2. The highest BCUT2D eigenvalue weighted by Crippen LogP contribution is 2.26. The Balaban J connectivity index is 2.34. The third-order valence-corrected chi connectivity index (χ3v) is 4.82. The third-order valence-electron chi connectivity index (χ3n) is 2.76. The second kappa shape index (κ2) is 6.55. The van der Waals surface area contributed by atoms with Gasteiger partial charge in [0.25, 0.3) is 10.0 Å². The van der Waals surface area contributed by atoms with Crippen molar-refractivity contribution in [1.29, 1.82) is 0 Å². The molecule has 21 heavy (non-hydrogen) atoms. The maximum Gasteiger partial charge on any atom is 0.261 e. The zero-order valence-electron chi connectivity index (χ0n) is 11.2. The van der Waals surface area contributed by atoms with Crippen molar-refractivity contribution in [2.24, 2.45) is 0 Å². The number of hydrogen-bond donors (Lipinski definition) is 2. The summed E-state index contributed by atoms with van der Waals surface area (Å²) < 4.78 is 40.8. The molecule has 0 aliphatic rings. The molecule has 0 saturated heterocycles. The van der Waals surface area contributed by atoms with Crippen molar-refractivity contribution in [2.45, 2.75) is 11.4 Å². The second-order valence-corrected chi connectivity index (χ2v) is 6.94. The van der Waals surface area contributed by atoms with Gasteiger partial charge in [0, 0.05) is 11.0 Å². The standard InChI is InChI=1S/C14H14BrFN2O2S/c1-17-9-10-3-2-4-12(7-10)21(19,20)18-14-8-11(16)5-6-13(14)15/h2-8,17-18H,9H2,1H3. The number of rotatable bonds is 5. The van der Waals surface area contributed by atoms with Crippen LogP contribution in [0, 0.1) is 5.82 Å². The summed E-state index contributed by atoms with van der Waals surface area (Å²) >= 11 is 3.19. The molecule has 2 aromatic rings. The molecule has 0 unspecified atom stereocenters. The molecule has 0 spiro atoms. The van der Waals surface area contributed by atoms with E-state index in [1.807, 2.05) is 6.07 Å². The fourth-order valence-electron chi connectivity index (χ4n) is 1.81. The van der Waals surface area contributed by atoms with Crippen molar-refractivity contribution in [3.63, 3.8) is 0 Å². The molecular formula is C14H14BrFN2O2S. The lowest BCUT2D eigenvalue weighted by Gasteiger charge is -2.11. The highest BCUT2D eigenvalue weighted by atomic mass is 79.9. The molecule has 0 amide bonds. The molecule has 0 atom stereocenters. The maximum atomic E-state index is 13.2. The highest BCUT2D eigenvalue weighted by molar-refractivity contribution is 9.10. The van der Waals surface area contributed by atoms with Gasteiger partial charge in [-0.25, -0.2) is 12.8 Å². The molecule has 0 aromatic heterocycles. The Morgan fingerprint density at radius 1 is 1.19 bits per heavy atom. The van der Waals surface area contributed by atoms with Crippen LogP contribution in [0.25, 0.3) is 0 Å². The van der Waals surface area contributed by atoms with E-state index in [-0.39, 0.29) is 10.6 Å². The Kier molecular flexibility index (Phi) is 4.97. The van der Waals surface area contributed by atoms with Crippen LogP contribution in [0.1, 0.15) is 5.56 Å². The van der Waals surface area contributed by atoms with Gasteiger partial charge in [0.1, 0.15) is 5.82 Å². The van der Waals surface area contributed by atoms with E-state index in [1.54, 1.807) is 19.2 Å². The van der Waals surface area contributed by atoms with Gasteiger partial charge in [-0.1, -0.05) is 12.1 Å². The van der Waals surface area contributed by atoms with Gasteiger partial charge < -0.3 is 5.32 Å². The average Bonchev–Trinajstić information content (AvgIpc) is 2.43. The van der Waals surface area contributed by atoms with Gasteiger partial charge in [0.15, 0.2) is 0 Å². The minimum atomic E-state index is -3.77. The summed E-state index contributed by atoms with van der Waals surface area (Å²) in [7, 11) is -1.99. The minimum Gasteiger partial charge on any atom is -0.316 e. The molecule has 2 N–H and O–H groups in total. The average molecular weight is 373 g/mol. The quantitative estimate of drug-likeness (QED) is 0.847. The van der Waals surface area contributed by atoms with Crippen molar-refractivity contribution in [3.05, 3.63) is 58.3 Å². The topological polar surface area (TPSA) is 58.2 Å². The number of anilines is 1. The van der Waals surface area contributed by atoms with Gasteiger partial charge in [-0.3, -0.25) is 4.72 Å². The number of hydrogen-bond acceptors (Lipinski definition) is 3. The smallest absolute Gasteiger partial charge is 0.261 e. The van der Waals surface area contributed by atoms with Gasteiger partial charge in [0.05, 0.1) is 10.6 Å². The van der Waals surface area contributed by atoms with Crippen LogP contribution in [-0.2, 0) is 16.6 Å². The van der Waals surface area contributed by atoms with Crippen LogP contribution in [0.4, 0.5) is 10.1 Å². The lowest BCUT2D eigenvalue weighted by molar-refractivity contribution is 0.600. The summed E-state index contributed by atoms with van der Waals surface area (Å²) in [4.78, 5) is 0.131. The Labute approximate surface area is 131 Å². The minimum absolute atomic E-state index is 0.131. The SMILES string of the molecule is CNCc1cccc(S(=O)(=O)Nc2cc(F)ccc2Br)c1. The summed E-state index contributed by atoms with van der Waals surface area (Å²) in [5.74, 6) is -0.514. The van der Waals surface area contributed by atoms with Crippen LogP contribution in [0.2, 0.25) is 0 Å². The number of sulfonamides is 1. The van der Waals surface area contributed by atoms with Gasteiger partial charge >= 0.3 is 0 Å². The van der Waals surface area contributed by atoms with Crippen LogP contribution in [-0.4, -0.2) is 15.5 Å². The van der Waals surface area contributed by atoms with Crippen molar-refractivity contribution in [2.75, 3.05) is 11.8 Å². The fourth-order valence-corrected chi connectivity index (χ4v) is 3.42. The van der Waals surface area contributed by atoms with E-state index in [1.165, 1.54) is 18.2 Å². The lowest BCUT2D eigenvalue weighted by Crippen LogP contribution is -2.14. The molecule has 0 heterocycles. The maximum absolute atomic E-state index is 13.2. The predicted octanol–water partition coefficient (Wildman–Crippen LogP) is 3.11. The van der Waals surface area contributed by atoms with Gasteiger partial charge in [-0.05, 0) is 58.9 Å². The lowest BCUT2D eigenvalue weighted by atomic mass is 10.2. The van der Waals surface area contributed by atoms with Gasteiger partial charge in [0.2, 0.25) is 0 Å². The predicted molar refractivity (Wildman–Crippen MR) is 84.1 cm³/mol. The molecule has 2 aromatic carbocycles. The monoisotopic (exact) mass is 372 g/mol. The van der Waals surface area contributed by atoms with E-state index >= 15 is 0 Å². The summed E-state index contributed by atoms with van der Waals surface area (Å²) in [6, 6.07) is 10.4. The molecule has 0 bridgehead atoms. The molecule has 7 heteroatoms. The van der Waals surface area contributed by atoms with Crippen molar-refractivity contribution in [3.8, 4) is 0 Å². The zero-order chi connectivity index (χ0) is 15.5. The molecule has 0 aliphatic carbocycles. The summed E-state index contributed by atoms with van der Waals surface area (Å²) in [5.41, 5.74) is 1.01. The molecule has 4 nitrogen and oxygen atoms in total. The van der Waals surface area contributed by atoms with E-state index in [2.05, 4.69) is 26.0 Å². The van der Waals surface area contributed by atoms with Crippen molar-refractivity contribution >= 4 is 31.6 Å². The molecule has 0 fully saturated rings. The van der Waals surface area contributed by atoms with Gasteiger partial charge in [-0.15, -0.1) is 0 Å². The Bertz CT molecular complexity index is 750. The summed E-state index contributed by atoms with van der Waals surface area (Å²) in [5, 5.41) is 2.96. The molecule has 112 valence electrons. The molecular weight excluding hydrogens is 359 g/mol. The second-order valence-electron chi connectivity index (χ2n) is 4.41. The third kappa shape index (κ3) is 4.03. The van der Waals surface area contributed by atoms with Crippen molar-refractivity contribution < 1.29 is 12.8 Å². The van der Waals surface area contributed by atoms with Crippen LogP contribution >= 0.6 is 15.9 Å². The molecule has 0 aliphatic heterocycles. The molecule has 0 radical (unpaired) electrons. The van der Waals surface area contributed by atoms with Crippen LogP contribution in [0.3, 0.4) is 0 Å². The number of halogens is 2. The normalized spacial score (nSPS) is 11.4. The van der Waals surface area contributed by atoms with E-state index in [0.717, 1.165) is 11.6 Å². The largest absolute Gasteiger partial charge is 0.316 e. The Hall–Kier alpha value is -1.44. The number of nitrogens with one attached hydrogen (secondary N) is 2. The van der Waals surface area contributed by atoms with Crippen LogP contribution < -0.4 is 10.0 Å². The first-order chi connectivity index (χ1) is 9.92.